The van der Waals surface area contributed by atoms with Gasteiger partial charge in [0, 0.05) is 15.1 Å². The topological polar surface area (TPSA) is 0 Å². The number of halogens is 3. The molecule has 0 aliphatic rings. The fourth-order valence-electron chi connectivity index (χ4n) is 1.54. The summed E-state index contributed by atoms with van der Waals surface area (Å²) < 4.78 is 0. The summed E-state index contributed by atoms with van der Waals surface area (Å²) in [4.78, 5) is 4.30. The Morgan fingerprint density at radius 1 is 0.833 bits per heavy atom. The third-order valence-corrected chi connectivity index (χ3v) is 6.84. The molecule has 0 atom stereocenters. The van der Waals surface area contributed by atoms with E-state index < -0.39 is 0 Å². The molecule has 0 aliphatic carbocycles. The second-order valence-corrected chi connectivity index (χ2v) is 7.64. The van der Waals surface area contributed by atoms with Crippen molar-refractivity contribution in [1.29, 1.82) is 0 Å². The van der Waals surface area contributed by atoms with Crippen LogP contribution in [0.1, 0.15) is 0 Å². The van der Waals surface area contributed by atoms with Gasteiger partial charge >= 0.3 is 0 Å². The third kappa shape index (κ3) is 2.36. The highest BCUT2D eigenvalue weighted by atomic mass is 35.5. The zero-order chi connectivity index (χ0) is 12.7. The molecular formula is C12H5Cl3S3. The van der Waals surface area contributed by atoms with Crippen molar-refractivity contribution in [2.45, 2.75) is 0 Å². The monoisotopic (exact) mass is 350 g/mol. The smallest absolute Gasteiger partial charge is 0.0650 e. The van der Waals surface area contributed by atoms with Crippen LogP contribution in [0.25, 0.3) is 19.5 Å². The molecule has 0 fully saturated rings. The maximum Gasteiger partial charge on any atom is 0.0650 e. The Kier molecular flexibility index (Phi) is 3.72. The fourth-order valence-corrected chi connectivity index (χ4v) is 5.58. The summed E-state index contributed by atoms with van der Waals surface area (Å²) in [6.45, 7) is 0. The van der Waals surface area contributed by atoms with Crippen LogP contribution in [0.5, 0.6) is 0 Å². The quantitative estimate of drug-likeness (QED) is 0.459. The van der Waals surface area contributed by atoms with Gasteiger partial charge in [-0.25, -0.2) is 0 Å². The van der Waals surface area contributed by atoms with E-state index in [1.165, 1.54) is 0 Å². The zero-order valence-electron chi connectivity index (χ0n) is 8.75. The molecule has 0 saturated carbocycles. The molecule has 0 N–H and O–H groups in total. The molecule has 0 aliphatic heterocycles. The van der Waals surface area contributed by atoms with Gasteiger partial charge in [0.2, 0.25) is 0 Å². The molecule has 3 heterocycles. The van der Waals surface area contributed by atoms with Gasteiger partial charge in [0.25, 0.3) is 0 Å². The molecule has 0 amide bonds. The Bertz CT molecular complexity index is 693. The maximum atomic E-state index is 6.30. The number of thiophene rings is 3. The van der Waals surface area contributed by atoms with Gasteiger partial charge in [-0.05, 0) is 23.6 Å². The average Bonchev–Trinajstić information content (AvgIpc) is 2.99. The SMILES string of the molecule is Clc1csc(-c2cc(Cl)c(-c3sccc3Cl)s2)c1. The van der Waals surface area contributed by atoms with E-state index in [0.29, 0.717) is 0 Å². The van der Waals surface area contributed by atoms with Gasteiger partial charge < -0.3 is 0 Å². The van der Waals surface area contributed by atoms with Gasteiger partial charge in [0.15, 0.2) is 0 Å². The minimum atomic E-state index is 0.740. The zero-order valence-corrected chi connectivity index (χ0v) is 13.5. The Morgan fingerprint density at radius 3 is 2.28 bits per heavy atom. The summed E-state index contributed by atoms with van der Waals surface area (Å²) >= 11 is 23.2. The summed E-state index contributed by atoms with van der Waals surface area (Å²) in [6, 6.07) is 5.81. The van der Waals surface area contributed by atoms with Crippen LogP contribution in [0.3, 0.4) is 0 Å². The molecule has 0 radical (unpaired) electrons. The first-order chi connectivity index (χ1) is 8.65. The van der Waals surface area contributed by atoms with E-state index in [4.69, 9.17) is 34.8 Å². The second kappa shape index (κ2) is 5.16. The van der Waals surface area contributed by atoms with E-state index >= 15 is 0 Å². The Labute approximate surface area is 131 Å². The van der Waals surface area contributed by atoms with Crippen molar-refractivity contribution in [1.82, 2.24) is 0 Å². The highest BCUT2D eigenvalue weighted by molar-refractivity contribution is 7.26. The van der Waals surface area contributed by atoms with Crippen molar-refractivity contribution in [3.8, 4) is 19.5 Å². The largest absolute Gasteiger partial charge is 0.141 e. The third-order valence-electron chi connectivity index (χ3n) is 2.32. The number of hydrogen-bond acceptors (Lipinski definition) is 3. The molecule has 92 valence electrons. The molecule has 0 aromatic carbocycles. The van der Waals surface area contributed by atoms with Crippen LogP contribution in [0.4, 0.5) is 0 Å². The molecular weight excluding hydrogens is 347 g/mol. The predicted octanol–water partition coefficient (Wildman–Crippen LogP) is 7.17. The van der Waals surface area contributed by atoms with E-state index in [0.717, 1.165) is 34.6 Å². The standard InChI is InChI=1S/C12H5Cl3S3/c13-6-3-9(17-5-6)10-4-8(15)12(18-10)11-7(14)1-2-16-11/h1-5H. The molecule has 3 aromatic heterocycles. The molecule has 0 spiro atoms. The Morgan fingerprint density at radius 2 is 1.67 bits per heavy atom. The van der Waals surface area contributed by atoms with Gasteiger partial charge in [-0.15, -0.1) is 34.0 Å². The lowest BCUT2D eigenvalue weighted by atomic mass is 10.3. The highest BCUT2D eigenvalue weighted by Crippen LogP contribution is 2.46. The molecule has 6 heteroatoms. The molecule has 0 unspecified atom stereocenters. The van der Waals surface area contributed by atoms with Gasteiger partial charge in [0.05, 0.1) is 24.8 Å². The Balaban J connectivity index is 2.09. The fraction of sp³-hybridized carbons (Fsp3) is 0. The van der Waals surface area contributed by atoms with Crippen LogP contribution in [-0.4, -0.2) is 0 Å². The summed E-state index contributed by atoms with van der Waals surface area (Å²) in [7, 11) is 0. The van der Waals surface area contributed by atoms with Gasteiger partial charge in [-0.1, -0.05) is 34.8 Å². The molecule has 3 rings (SSSR count). The Hall–Kier alpha value is -0.0300. The summed E-state index contributed by atoms with van der Waals surface area (Å²) in [5, 5.41) is 6.14. The summed E-state index contributed by atoms with van der Waals surface area (Å²) in [5.41, 5.74) is 0. The maximum absolute atomic E-state index is 6.30. The average molecular weight is 352 g/mol. The van der Waals surface area contributed by atoms with Crippen molar-refractivity contribution in [3.05, 3.63) is 44.0 Å². The van der Waals surface area contributed by atoms with E-state index in [2.05, 4.69) is 0 Å². The second-order valence-electron chi connectivity index (χ2n) is 3.51. The minimum Gasteiger partial charge on any atom is -0.141 e. The van der Waals surface area contributed by atoms with E-state index in [1.54, 1.807) is 34.0 Å². The normalized spacial score (nSPS) is 11.1. The first kappa shape index (κ1) is 13.0. The molecule has 0 bridgehead atoms. The molecule has 0 saturated heterocycles. The van der Waals surface area contributed by atoms with Crippen LogP contribution in [-0.2, 0) is 0 Å². The number of rotatable bonds is 2. The predicted molar refractivity (Wildman–Crippen MR) is 86.0 cm³/mol. The summed E-state index contributed by atoms with van der Waals surface area (Å²) in [5.74, 6) is 0. The van der Waals surface area contributed by atoms with Crippen LogP contribution < -0.4 is 0 Å². The minimum absolute atomic E-state index is 0.740. The molecule has 3 aromatic rings. The molecule has 18 heavy (non-hydrogen) atoms. The molecule has 0 nitrogen and oxygen atoms in total. The van der Waals surface area contributed by atoms with Gasteiger partial charge in [0.1, 0.15) is 0 Å². The summed E-state index contributed by atoms with van der Waals surface area (Å²) in [6.07, 6.45) is 0. The lowest BCUT2D eigenvalue weighted by Crippen LogP contribution is -1.64. The lowest BCUT2D eigenvalue weighted by molar-refractivity contribution is 1.90. The van der Waals surface area contributed by atoms with Crippen LogP contribution in [0, 0.1) is 0 Å². The van der Waals surface area contributed by atoms with Crippen molar-refractivity contribution in [2.75, 3.05) is 0 Å². The van der Waals surface area contributed by atoms with Crippen molar-refractivity contribution in [2.24, 2.45) is 0 Å². The first-order valence-electron chi connectivity index (χ1n) is 4.92. The lowest BCUT2D eigenvalue weighted by Gasteiger charge is -1.94. The highest BCUT2D eigenvalue weighted by Gasteiger charge is 2.15. The van der Waals surface area contributed by atoms with Gasteiger partial charge in [-0.2, -0.15) is 0 Å². The van der Waals surface area contributed by atoms with E-state index in [9.17, 15) is 0 Å². The van der Waals surface area contributed by atoms with E-state index in [1.807, 2.05) is 29.0 Å². The van der Waals surface area contributed by atoms with E-state index in [-0.39, 0.29) is 0 Å². The first-order valence-corrected chi connectivity index (χ1v) is 8.63. The van der Waals surface area contributed by atoms with Crippen LogP contribution in [0.15, 0.2) is 29.0 Å². The van der Waals surface area contributed by atoms with Crippen molar-refractivity contribution in [3.63, 3.8) is 0 Å². The number of hydrogen-bond donors (Lipinski definition) is 0. The van der Waals surface area contributed by atoms with Crippen molar-refractivity contribution >= 4 is 68.8 Å². The van der Waals surface area contributed by atoms with Crippen LogP contribution in [0.2, 0.25) is 15.1 Å². The van der Waals surface area contributed by atoms with Gasteiger partial charge in [-0.3, -0.25) is 0 Å². The van der Waals surface area contributed by atoms with Crippen molar-refractivity contribution < 1.29 is 0 Å². The van der Waals surface area contributed by atoms with Crippen LogP contribution >= 0.6 is 68.8 Å².